The molecule has 1 saturated carbocycles. The van der Waals surface area contributed by atoms with E-state index in [4.69, 9.17) is 0 Å². The van der Waals surface area contributed by atoms with Gasteiger partial charge in [-0.3, -0.25) is 9.78 Å². The molecule has 3 N–H and O–H groups in total. The molecule has 38 heavy (non-hydrogen) atoms. The van der Waals surface area contributed by atoms with Crippen molar-refractivity contribution in [2.45, 2.75) is 36.6 Å². The van der Waals surface area contributed by atoms with Crippen molar-refractivity contribution in [1.82, 2.24) is 19.7 Å². The number of amides is 1. The summed E-state index contributed by atoms with van der Waals surface area (Å²) in [5, 5.41) is 3.97. The molecule has 0 atom stereocenters. The third-order valence-electron chi connectivity index (χ3n) is 7.10. The monoisotopic (exact) mass is 525 g/mol. The number of pyridine rings is 1. The third-order valence-corrected chi connectivity index (χ3v) is 8.62. The molecule has 192 valence electrons. The number of carbonyl (C=O) groups excluding carboxylic acids is 1. The Morgan fingerprint density at radius 1 is 0.868 bits per heavy atom. The number of imidazole rings is 1. The average Bonchev–Trinajstić information content (AvgIpc) is 3.37. The van der Waals surface area contributed by atoms with Gasteiger partial charge in [-0.1, -0.05) is 36.4 Å². The van der Waals surface area contributed by atoms with Gasteiger partial charge >= 0.3 is 0 Å². The number of benzene rings is 3. The quantitative estimate of drug-likeness (QED) is 0.280. The second-order valence-corrected chi connectivity index (χ2v) is 11.4. The van der Waals surface area contributed by atoms with E-state index in [0.717, 1.165) is 27.7 Å². The zero-order valence-corrected chi connectivity index (χ0v) is 21.4. The lowest BCUT2D eigenvalue weighted by atomic mass is 9.86. The van der Waals surface area contributed by atoms with Crippen LogP contribution in [-0.4, -0.2) is 35.3 Å². The number of hydrogen-bond donors (Lipinski definition) is 3. The van der Waals surface area contributed by atoms with Crippen molar-refractivity contribution >= 4 is 43.6 Å². The van der Waals surface area contributed by atoms with E-state index < -0.39 is 10.0 Å². The molecule has 5 aromatic rings. The predicted octanol–water partition coefficient (Wildman–Crippen LogP) is 5.25. The Kier molecular flexibility index (Phi) is 6.39. The molecule has 1 amide bonds. The molecule has 2 aromatic heterocycles. The van der Waals surface area contributed by atoms with E-state index in [9.17, 15) is 13.2 Å². The van der Waals surface area contributed by atoms with E-state index in [1.807, 2.05) is 60.7 Å². The standard InChI is InChI=1S/C29H27N5O3S/c35-29(31-23-12-14-25-21(17-23)7-4-16-30-25)20-8-10-22(11-9-20)34-38(36,37)24-13-15-26-27(18-24)33-28(32-26)19-5-2-1-3-6-19/h1-7,12-18,20,22,34H,8-11H2,(H,31,35)(H,32,33). The Hall–Kier alpha value is -4.08. The molecule has 6 rings (SSSR count). The SMILES string of the molecule is O=C(Nc1ccc2ncccc2c1)C1CCC(NS(=O)(=O)c2ccc3[nH]c(-c4ccccc4)nc3c2)CC1. The fraction of sp³-hybridized carbons (Fsp3) is 0.207. The number of fused-ring (bicyclic) bond motifs is 2. The molecule has 1 aliphatic carbocycles. The first kappa shape index (κ1) is 24.3. The summed E-state index contributed by atoms with van der Waals surface area (Å²) in [6.07, 6.45) is 4.17. The van der Waals surface area contributed by atoms with Crippen LogP contribution in [0.25, 0.3) is 33.3 Å². The van der Waals surface area contributed by atoms with E-state index in [-0.39, 0.29) is 22.8 Å². The molecule has 1 fully saturated rings. The summed E-state index contributed by atoms with van der Waals surface area (Å²) in [5.74, 6) is 0.505. The summed E-state index contributed by atoms with van der Waals surface area (Å²) in [6, 6.07) is 23.9. The maximum absolute atomic E-state index is 13.2. The molecule has 0 spiro atoms. The largest absolute Gasteiger partial charge is 0.338 e. The van der Waals surface area contributed by atoms with Crippen LogP contribution >= 0.6 is 0 Å². The number of carbonyl (C=O) groups is 1. The van der Waals surface area contributed by atoms with E-state index in [1.165, 1.54) is 0 Å². The van der Waals surface area contributed by atoms with Gasteiger partial charge in [0.2, 0.25) is 15.9 Å². The smallest absolute Gasteiger partial charge is 0.240 e. The number of aromatic nitrogens is 3. The fourth-order valence-electron chi connectivity index (χ4n) is 5.04. The van der Waals surface area contributed by atoms with Gasteiger partial charge in [-0.05, 0) is 68.1 Å². The second kappa shape index (κ2) is 10.00. The first-order valence-electron chi connectivity index (χ1n) is 12.7. The normalized spacial score (nSPS) is 18.0. The van der Waals surface area contributed by atoms with Crippen molar-refractivity contribution in [2.75, 3.05) is 5.32 Å². The minimum atomic E-state index is -3.72. The van der Waals surface area contributed by atoms with Crippen molar-refractivity contribution in [3.8, 4) is 11.4 Å². The molecule has 0 unspecified atom stereocenters. The van der Waals surface area contributed by atoms with E-state index in [0.29, 0.717) is 37.0 Å². The van der Waals surface area contributed by atoms with Crippen LogP contribution in [0.3, 0.4) is 0 Å². The van der Waals surface area contributed by atoms with Crippen LogP contribution in [0.4, 0.5) is 5.69 Å². The van der Waals surface area contributed by atoms with Crippen molar-refractivity contribution in [1.29, 1.82) is 0 Å². The van der Waals surface area contributed by atoms with Crippen molar-refractivity contribution in [2.24, 2.45) is 5.92 Å². The van der Waals surface area contributed by atoms with Gasteiger partial charge in [-0.15, -0.1) is 0 Å². The second-order valence-electron chi connectivity index (χ2n) is 9.70. The average molecular weight is 526 g/mol. The highest BCUT2D eigenvalue weighted by atomic mass is 32.2. The Labute approximate surface area is 220 Å². The maximum atomic E-state index is 13.2. The summed E-state index contributed by atoms with van der Waals surface area (Å²) in [5.41, 5.74) is 3.92. The summed E-state index contributed by atoms with van der Waals surface area (Å²) in [6.45, 7) is 0. The molecule has 0 bridgehead atoms. The van der Waals surface area contributed by atoms with Crippen LogP contribution < -0.4 is 10.0 Å². The molecule has 0 aliphatic heterocycles. The molecule has 3 aromatic carbocycles. The Balaban J connectivity index is 1.08. The van der Waals surface area contributed by atoms with Gasteiger partial charge in [0.05, 0.1) is 21.4 Å². The first-order chi connectivity index (χ1) is 18.4. The highest BCUT2D eigenvalue weighted by molar-refractivity contribution is 7.89. The van der Waals surface area contributed by atoms with Crippen LogP contribution in [0.1, 0.15) is 25.7 Å². The first-order valence-corrected chi connectivity index (χ1v) is 14.2. The number of hydrogen-bond acceptors (Lipinski definition) is 5. The van der Waals surface area contributed by atoms with Crippen LogP contribution in [0.5, 0.6) is 0 Å². The fourth-order valence-corrected chi connectivity index (χ4v) is 6.37. The molecule has 0 saturated heterocycles. The van der Waals surface area contributed by atoms with Crippen LogP contribution in [0, 0.1) is 5.92 Å². The third kappa shape index (κ3) is 5.03. The van der Waals surface area contributed by atoms with Gasteiger partial charge < -0.3 is 10.3 Å². The maximum Gasteiger partial charge on any atom is 0.240 e. The van der Waals surface area contributed by atoms with E-state index >= 15 is 0 Å². The molecule has 0 radical (unpaired) electrons. The number of aromatic amines is 1. The Morgan fingerprint density at radius 3 is 2.50 bits per heavy atom. The zero-order valence-electron chi connectivity index (χ0n) is 20.6. The lowest BCUT2D eigenvalue weighted by Crippen LogP contribution is -2.39. The van der Waals surface area contributed by atoms with Crippen LogP contribution in [-0.2, 0) is 14.8 Å². The number of nitrogens with zero attached hydrogens (tertiary/aromatic N) is 2. The van der Waals surface area contributed by atoms with Gasteiger partial charge in [0, 0.05) is 34.8 Å². The number of nitrogens with one attached hydrogen (secondary N) is 3. The molecule has 8 nitrogen and oxygen atoms in total. The Morgan fingerprint density at radius 2 is 1.68 bits per heavy atom. The lowest BCUT2D eigenvalue weighted by molar-refractivity contribution is -0.120. The zero-order chi connectivity index (χ0) is 26.1. The van der Waals surface area contributed by atoms with Crippen molar-refractivity contribution in [3.05, 3.63) is 85.1 Å². The number of sulfonamides is 1. The minimum absolute atomic E-state index is 0.0345. The minimum Gasteiger partial charge on any atom is -0.338 e. The van der Waals surface area contributed by atoms with Crippen molar-refractivity contribution in [3.63, 3.8) is 0 Å². The summed E-state index contributed by atoms with van der Waals surface area (Å²) in [7, 11) is -3.72. The number of anilines is 1. The van der Waals surface area contributed by atoms with Gasteiger partial charge in [-0.2, -0.15) is 0 Å². The van der Waals surface area contributed by atoms with Gasteiger partial charge in [0.25, 0.3) is 0 Å². The van der Waals surface area contributed by atoms with Gasteiger partial charge in [0.1, 0.15) is 5.82 Å². The molecular weight excluding hydrogens is 498 g/mol. The number of rotatable bonds is 6. The lowest BCUT2D eigenvalue weighted by Gasteiger charge is -2.28. The van der Waals surface area contributed by atoms with Gasteiger partial charge in [0.15, 0.2) is 0 Å². The molecule has 2 heterocycles. The van der Waals surface area contributed by atoms with Crippen molar-refractivity contribution < 1.29 is 13.2 Å². The highest BCUT2D eigenvalue weighted by Crippen LogP contribution is 2.28. The molecule has 1 aliphatic rings. The van der Waals surface area contributed by atoms with Gasteiger partial charge in [-0.25, -0.2) is 18.1 Å². The Bertz CT molecular complexity index is 1730. The summed E-state index contributed by atoms with van der Waals surface area (Å²) >= 11 is 0. The van der Waals surface area contributed by atoms with E-state index in [1.54, 1.807) is 24.4 Å². The summed E-state index contributed by atoms with van der Waals surface area (Å²) < 4.78 is 29.1. The number of H-pyrrole nitrogens is 1. The topological polar surface area (TPSA) is 117 Å². The predicted molar refractivity (Wildman–Crippen MR) is 148 cm³/mol. The summed E-state index contributed by atoms with van der Waals surface area (Å²) in [4.78, 5) is 25.2. The van der Waals surface area contributed by atoms with E-state index in [2.05, 4.69) is 25.0 Å². The highest BCUT2D eigenvalue weighted by Gasteiger charge is 2.29. The molecular formula is C29H27N5O3S. The van der Waals surface area contributed by atoms with Crippen LogP contribution in [0.2, 0.25) is 0 Å². The molecule has 9 heteroatoms. The van der Waals surface area contributed by atoms with Crippen LogP contribution in [0.15, 0.2) is 90.0 Å².